The van der Waals surface area contributed by atoms with Crippen LogP contribution in [-0.4, -0.2) is 34.9 Å². The molecule has 0 aliphatic heterocycles. The number of nitrogens with one attached hydrogen (secondary N) is 2. The predicted octanol–water partition coefficient (Wildman–Crippen LogP) is 3.55. The number of pyridine rings is 1. The first kappa shape index (κ1) is 15.4. The Labute approximate surface area is 152 Å². The molecule has 132 valence electrons. The number of aromatic amines is 2. The highest BCUT2D eigenvalue weighted by molar-refractivity contribution is 5.91. The van der Waals surface area contributed by atoms with Gasteiger partial charge in [0.2, 0.25) is 0 Å². The third kappa shape index (κ3) is 2.67. The fourth-order valence-electron chi connectivity index (χ4n) is 3.05. The lowest BCUT2D eigenvalue weighted by molar-refractivity contribution is 0.628. The van der Waals surface area contributed by atoms with Gasteiger partial charge >= 0.3 is 0 Å². The Hall–Kier alpha value is -3.81. The molecule has 5 aromatic rings. The Morgan fingerprint density at radius 3 is 2.85 bits per heavy atom. The van der Waals surface area contributed by atoms with Crippen LogP contribution in [0.4, 0.5) is 4.39 Å². The van der Waals surface area contributed by atoms with Crippen molar-refractivity contribution in [2.75, 3.05) is 0 Å². The van der Waals surface area contributed by atoms with E-state index in [2.05, 4.69) is 30.2 Å². The summed E-state index contributed by atoms with van der Waals surface area (Å²) in [6, 6.07) is 10.1. The largest absolute Gasteiger partial charge is 0.337 e. The number of benzene rings is 1. The number of hydrogen-bond acceptors (Lipinski definition) is 4. The SMILES string of the molecule is Cn1cc(-c2cc(-c3nc4c(-c5cccc(F)c5)nccc4[nH]3)[nH]n2)cn1. The molecule has 0 radical (unpaired) electrons. The van der Waals surface area contributed by atoms with Crippen molar-refractivity contribution in [1.29, 1.82) is 0 Å². The van der Waals surface area contributed by atoms with E-state index in [-0.39, 0.29) is 5.82 Å². The van der Waals surface area contributed by atoms with Gasteiger partial charge in [-0.1, -0.05) is 12.1 Å². The highest BCUT2D eigenvalue weighted by Crippen LogP contribution is 2.28. The fourth-order valence-corrected chi connectivity index (χ4v) is 3.05. The van der Waals surface area contributed by atoms with Crippen molar-refractivity contribution in [3.8, 4) is 34.0 Å². The van der Waals surface area contributed by atoms with Crippen LogP contribution in [0.3, 0.4) is 0 Å². The summed E-state index contributed by atoms with van der Waals surface area (Å²) in [5.41, 5.74) is 5.24. The Bertz CT molecular complexity index is 1260. The van der Waals surface area contributed by atoms with Crippen molar-refractivity contribution >= 4 is 11.0 Å². The second-order valence-electron chi connectivity index (χ2n) is 6.22. The minimum absolute atomic E-state index is 0.309. The molecule has 4 aromatic heterocycles. The van der Waals surface area contributed by atoms with Crippen LogP contribution in [0.2, 0.25) is 0 Å². The summed E-state index contributed by atoms with van der Waals surface area (Å²) in [4.78, 5) is 12.3. The van der Waals surface area contributed by atoms with Gasteiger partial charge in [0.25, 0.3) is 0 Å². The fraction of sp³-hybridized carbons (Fsp3) is 0.0526. The van der Waals surface area contributed by atoms with Crippen LogP contribution >= 0.6 is 0 Å². The van der Waals surface area contributed by atoms with Gasteiger partial charge in [-0.2, -0.15) is 10.2 Å². The van der Waals surface area contributed by atoms with Crippen molar-refractivity contribution in [3.63, 3.8) is 0 Å². The highest BCUT2D eigenvalue weighted by Gasteiger charge is 2.14. The lowest BCUT2D eigenvalue weighted by Gasteiger charge is -2.01. The van der Waals surface area contributed by atoms with E-state index >= 15 is 0 Å². The second-order valence-corrected chi connectivity index (χ2v) is 6.22. The highest BCUT2D eigenvalue weighted by atomic mass is 19.1. The van der Waals surface area contributed by atoms with Crippen LogP contribution in [0.15, 0.2) is 55.0 Å². The Morgan fingerprint density at radius 2 is 2.04 bits per heavy atom. The minimum atomic E-state index is -0.309. The van der Waals surface area contributed by atoms with Gasteiger partial charge in [-0.25, -0.2) is 9.37 Å². The molecular formula is C19H14FN7. The van der Waals surface area contributed by atoms with E-state index in [9.17, 15) is 4.39 Å². The maximum atomic E-state index is 13.6. The van der Waals surface area contributed by atoms with Gasteiger partial charge in [-0.15, -0.1) is 0 Å². The van der Waals surface area contributed by atoms with E-state index in [1.54, 1.807) is 23.1 Å². The van der Waals surface area contributed by atoms with Crippen LogP contribution in [0.1, 0.15) is 0 Å². The summed E-state index contributed by atoms with van der Waals surface area (Å²) >= 11 is 0. The zero-order valence-corrected chi connectivity index (χ0v) is 14.3. The Kier molecular flexibility index (Phi) is 3.36. The Morgan fingerprint density at radius 1 is 1.11 bits per heavy atom. The summed E-state index contributed by atoms with van der Waals surface area (Å²) in [5, 5.41) is 11.5. The van der Waals surface area contributed by atoms with Crippen LogP contribution in [0.5, 0.6) is 0 Å². The molecule has 0 spiro atoms. The number of H-pyrrole nitrogens is 2. The quantitative estimate of drug-likeness (QED) is 0.516. The summed E-state index contributed by atoms with van der Waals surface area (Å²) in [5.74, 6) is 0.329. The number of imidazole rings is 1. The molecule has 0 atom stereocenters. The molecule has 5 rings (SSSR count). The standard InChI is InChI=1S/C19H14FN7/c1-27-10-12(9-22-27)15-8-16(26-25-15)19-23-14-5-6-21-17(18(14)24-19)11-3-2-4-13(20)7-11/h2-10H,1H3,(H,23,24)(H,25,26). The van der Waals surface area contributed by atoms with Crippen LogP contribution < -0.4 is 0 Å². The molecule has 0 aliphatic carbocycles. The number of nitrogens with zero attached hydrogens (tertiary/aromatic N) is 5. The molecule has 0 fully saturated rings. The van der Waals surface area contributed by atoms with Gasteiger partial charge in [0, 0.05) is 30.6 Å². The van der Waals surface area contributed by atoms with E-state index in [1.165, 1.54) is 12.1 Å². The minimum Gasteiger partial charge on any atom is -0.337 e. The van der Waals surface area contributed by atoms with Gasteiger partial charge < -0.3 is 4.98 Å². The number of rotatable bonds is 3. The second kappa shape index (κ2) is 5.87. The number of fused-ring (bicyclic) bond motifs is 1. The van der Waals surface area contributed by atoms with E-state index in [0.717, 1.165) is 22.5 Å². The van der Waals surface area contributed by atoms with E-state index in [1.807, 2.05) is 31.4 Å². The molecule has 2 N–H and O–H groups in total. The molecule has 4 heterocycles. The Balaban J connectivity index is 1.60. The van der Waals surface area contributed by atoms with Gasteiger partial charge in [0.15, 0.2) is 5.82 Å². The first-order valence-corrected chi connectivity index (χ1v) is 8.33. The first-order chi connectivity index (χ1) is 13.2. The predicted molar refractivity (Wildman–Crippen MR) is 99.1 cm³/mol. The van der Waals surface area contributed by atoms with Crippen molar-refractivity contribution < 1.29 is 4.39 Å². The smallest absolute Gasteiger partial charge is 0.156 e. The van der Waals surface area contributed by atoms with Gasteiger partial charge in [-0.3, -0.25) is 14.8 Å². The van der Waals surface area contributed by atoms with E-state index in [0.29, 0.717) is 22.6 Å². The zero-order valence-electron chi connectivity index (χ0n) is 14.3. The maximum absolute atomic E-state index is 13.6. The van der Waals surface area contributed by atoms with Gasteiger partial charge in [0.05, 0.1) is 23.1 Å². The summed E-state index contributed by atoms with van der Waals surface area (Å²) < 4.78 is 15.3. The average Bonchev–Trinajstić information content (AvgIpc) is 3.39. The number of halogens is 1. The lowest BCUT2D eigenvalue weighted by atomic mass is 10.1. The molecule has 0 bridgehead atoms. The summed E-state index contributed by atoms with van der Waals surface area (Å²) in [6.45, 7) is 0. The third-order valence-electron chi connectivity index (χ3n) is 4.33. The molecule has 27 heavy (non-hydrogen) atoms. The molecule has 8 heteroatoms. The number of hydrogen-bond donors (Lipinski definition) is 2. The number of aryl methyl sites for hydroxylation is 1. The van der Waals surface area contributed by atoms with Crippen LogP contribution in [0.25, 0.3) is 45.1 Å². The van der Waals surface area contributed by atoms with Crippen LogP contribution in [-0.2, 0) is 7.05 Å². The molecule has 7 nitrogen and oxygen atoms in total. The topological polar surface area (TPSA) is 88.1 Å². The molecular weight excluding hydrogens is 345 g/mol. The average molecular weight is 359 g/mol. The van der Waals surface area contributed by atoms with E-state index in [4.69, 9.17) is 0 Å². The molecule has 0 amide bonds. The van der Waals surface area contributed by atoms with Gasteiger partial charge in [0.1, 0.15) is 17.0 Å². The van der Waals surface area contributed by atoms with Crippen molar-refractivity contribution in [2.45, 2.75) is 0 Å². The molecule has 0 aliphatic rings. The normalized spacial score (nSPS) is 11.3. The van der Waals surface area contributed by atoms with Crippen molar-refractivity contribution in [2.24, 2.45) is 7.05 Å². The monoisotopic (exact) mass is 359 g/mol. The number of aromatic nitrogens is 7. The first-order valence-electron chi connectivity index (χ1n) is 8.33. The van der Waals surface area contributed by atoms with Gasteiger partial charge in [-0.05, 0) is 24.3 Å². The molecule has 1 aromatic carbocycles. The third-order valence-corrected chi connectivity index (χ3v) is 4.33. The summed E-state index contributed by atoms with van der Waals surface area (Å²) in [7, 11) is 1.86. The maximum Gasteiger partial charge on any atom is 0.156 e. The zero-order chi connectivity index (χ0) is 18.4. The van der Waals surface area contributed by atoms with Crippen LogP contribution in [0, 0.1) is 5.82 Å². The summed E-state index contributed by atoms with van der Waals surface area (Å²) in [6.07, 6.45) is 5.33. The molecule has 0 saturated carbocycles. The van der Waals surface area contributed by atoms with Crippen molar-refractivity contribution in [3.05, 3.63) is 60.8 Å². The lowest BCUT2D eigenvalue weighted by Crippen LogP contribution is -1.86. The van der Waals surface area contributed by atoms with Crippen molar-refractivity contribution in [1.82, 2.24) is 34.9 Å². The van der Waals surface area contributed by atoms with E-state index < -0.39 is 0 Å². The molecule has 0 saturated heterocycles. The molecule has 0 unspecified atom stereocenters.